The van der Waals surface area contributed by atoms with Crippen molar-refractivity contribution in [1.29, 1.82) is 0 Å². The molecule has 2 atom stereocenters. The van der Waals surface area contributed by atoms with Crippen LogP contribution in [0.2, 0.25) is 0 Å². The highest BCUT2D eigenvalue weighted by Gasteiger charge is 2.25. The normalized spacial score (nSPS) is 19.6. The Bertz CT molecular complexity index is 278. The molecule has 1 saturated carbocycles. The molecule has 0 aromatic carbocycles. The minimum atomic E-state index is -0.131. The molecule has 0 aliphatic heterocycles. The summed E-state index contributed by atoms with van der Waals surface area (Å²) in [5, 5.41) is 14.7. The van der Waals surface area contributed by atoms with Crippen LogP contribution in [0.1, 0.15) is 45.4 Å². The van der Waals surface area contributed by atoms with Crippen LogP contribution >= 0.6 is 0 Å². The first-order chi connectivity index (χ1) is 9.54. The lowest BCUT2D eigenvalue weighted by Gasteiger charge is -2.35. The number of likely N-dealkylation sites (N-methyl/N-ethyl adjacent to an activating group) is 1. The van der Waals surface area contributed by atoms with Gasteiger partial charge in [0.05, 0.1) is 0 Å². The first kappa shape index (κ1) is 17.2. The molecule has 5 heteroatoms. The van der Waals surface area contributed by atoms with Crippen molar-refractivity contribution in [3.63, 3.8) is 0 Å². The van der Waals surface area contributed by atoms with Gasteiger partial charge in [0.15, 0.2) is 0 Å². The molecule has 0 saturated heterocycles. The lowest BCUT2D eigenvalue weighted by Crippen LogP contribution is -2.49. The molecule has 0 heterocycles. The van der Waals surface area contributed by atoms with E-state index in [4.69, 9.17) is 5.11 Å². The van der Waals surface area contributed by atoms with E-state index in [1.165, 1.54) is 32.1 Å². The molecule has 2 amide bonds. The van der Waals surface area contributed by atoms with Crippen molar-refractivity contribution in [2.75, 3.05) is 27.2 Å². The van der Waals surface area contributed by atoms with Gasteiger partial charge in [0.1, 0.15) is 0 Å². The van der Waals surface area contributed by atoms with E-state index < -0.39 is 0 Å². The Hall–Kier alpha value is -0.810. The summed E-state index contributed by atoms with van der Waals surface area (Å²) in [7, 11) is 4.18. The molecule has 1 aliphatic carbocycles. The third kappa shape index (κ3) is 6.09. The Kier molecular flexibility index (Phi) is 7.92. The van der Waals surface area contributed by atoms with Crippen molar-refractivity contribution in [3.8, 4) is 0 Å². The third-order valence-corrected chi connectivity index (χ3v) is 4.27. The highest BCUT2D eigenvalue weighted by Crippen LogP contribution is 2.27. The Morgan fingerprint density at radius 1 is 1.30 bits per heavy atom. The molecular formula is C15H31N3O2. The van der Waals surface area contributed by atoms with Gasteiger partial charge in [-0.15, -0.1) is 0 Å². The maximum absolute atomic E-state index is 11.8. The summed E-state index contributed by atoms with van der Waals surface area (Å²) < 4.78 is 0. The summed E-state index contributed by atoms with van der Waals surface area (Å²) in [4.78, 5) is 14.0. The maximum Gasteiger partial charge on any atom is 0.315 e. The first-order valence-corrected chi connectivity index (χ1v) is 7.86. The molecule has 1 aliphatic rings. The zero-order valence-electron chi connectivity index (χ0n) is 13.2. The van der Waals surface area contributed by atoms with Crippen LogP contribution in [0.25, 0.3) is 0 Å². The van der Waals surface area contributed by atoms with Crippen LogP contribution in [-0.4, -0.2) is 55.4 Å². The number of aliphatic hydroxyl groups is 1. The van der Waals surface area contributed by atoms with Gasteiger partial charge in [-0.25, -0.2) is 4.79 Å². The molecule has 0 bridgehead atoms. The van der Waals surface area contributed by atoms with Gasteiger partial charge in [0.25, 0.3) is 0 Å². The Labute approximate surface area is 123 Å². The molecule has 0 aromatic heterocycles. The molecule has 0 radical (unpaired) electrons. The fourth-order valence-electron chi connectivity index (χ4n) is 3.03. The summed E-state index contributed by atoms with van der Waals surface area (Å²) in [5.74, 6) is 0.689. The average molecular weight is 285 g/mol. The summed E-state index contributed by atoms with van der Waals surface area (Å²) in [5.41, 5.74) is 0. The van der Waals surface area contributed by atoms with E-state index in [1.807, 2.05) is 6.92 Å². The van der Waals surface area contributed by atoms with Gasteiger partial charge >= 0.3 is 6.03 Å². The topological polar surface area (TPSA) is 64.6 Å². The van der Waals surface area contributed by atoms with Gasteiger partial charge in [-0.3, -0.25) is 0 Å². The van der Waals surface area contributed by atoms with Crippen LogP contribution < -0.4 is 10.6 Å². The standard InChI is InChI=1S/C15H31N3O2/c1-12(9-10-19)17-15(20)16-11-14(18(2)3)13-7-5-4-6-8-13/h12-14,19H,4-11H2,1-3H3,(H2,16,17,20)/t12-,14?/m1/s1. The van der Waals surface area contributed by atoms with Crippen LogP contribution in [0.4, 0.5) is 4.79 Å². The number of carbonyl (C=O) groups is 1. The quantitative estimate of drug-likeness (QED) is 0.665. The number of amides is 2. The number of hydrogen-bond donors (Lipinski definition) is 3. The summed E-state index contributed by atoms with van der Waals surface area (Å²) in [6, 6.07) is 0.287. The fourth-order valence-corrected chi connectivity index (χ4v) is 3.03. The summed E-state index contributed by atoms with van der Waals surface area (Å²) in [6.45, 7) is 2.69. The lowest BCUT2D eigenvalue weighted by molar-refractivity contribution is 0.165. The molecule has 3 N–H and O–H groups in total. The van der Waals surface area contributed by atoms with Crippen LogP contribution in [0, 0.1) is 5.92 Å². The van der Waals surface area contributed by atoms with Crippen molar-refractivity contribution in [3.05, 3.63) is 0 Å². The second-order valence-corrected chi connectivity index (χ2v) is 6.20. The fraction of sp³-hybridized carbons (Fsp3) is 0.933. The number of aliphatic hydroxyl groups excluding tert-OH is 1. The molecule has 118 valence electrons. The Morgan fingerprint density at radius 2 is 1.95 bits per heavy atom. The predicted molar refractivity (Wildman–Crippen MR) is 81.7 cm³/mol. The Morgan fingerprint density at radius 3 is 2.50 bits per heavy atom. The number of urea groups is 1. The summed E-state index contributed by atoms with van der Waals surface area (Å²) >= 11 is 0. The molecule has 1 unspecified atom stereocenters. The predicted octanol–water partition coefficient (Wildman–Crippen LogP) is 1.57. The molecule has 1 rings (SSSR count). The largest absolute Gasteiger partial charge is 0.396 e. The van der Waals surface area contributed by atoms with Gasteiger partial charge in [-0.2, -0.15) is 0 Å². The van der Waals surface area contributed by atoms with E-state index >= 15 is 0 Å². The van der Waals surface area contributed by atoms with E-state index in [0.29, 0.717) is 24.9 Å². The van der Waals surface area contributed by atoms with Crippen LogP contribution in [-0.2, 0) is 0 Å². The monoisotopic (exact) mass is 285 g/mol. The highest BCUT2D eigenvalue weighted by molar-refractivity contribution is 5.74. The van der Waals surface area contributed by atoms with E-state index in [9.17, 15) is 4.79 Å². The zero-order valence-corrected chi connectivity index (χ0v) is 13.2. The number of nitrogens with zero attached hydrogens (tertiary/aromatic N) is 1. The van der Waals surface area contributed by atoms with Crippen molar-refractivity contribution in [2.24, 2.45) is 5.92 Å². The molecule has 1 fully saturated rings. The second-order valence-electron chi connectivity index (χ2n) is 6.20. The first-order valence-electron chi connectivity index (χ1n) is 7.86. The average Bonchev–Trinajstić information content (AvgIpc) is 2.40. The molecule has 0 aromatic rings. The van der Waals surface area contributed by atoms with Crippen LogP contribution in [0.3, 0.4) is 0 Å². The molecule has 20 heavy (non-hydrogen) atoms. The third-order valence-electron chi connectivity index (χ3n) is 4.27. The second kappa shape index (κ2) is 9.19. The van der Waals surface area contributed by atoms with Crippen LogP contribution in [0.15, 0.2) is 0 Å². The zero-order chi connectivity index (χ0) is 15.0. The number of nitrogens with one attached hydrogen (secondary N) is 2. The van der Waals surface area contributed by atoms with E-state index in [-0.39, 0.29) is 18.7 Å². The SMILES string of the molecule is C[C@H](CCO)NC(=O)NCC(C1CCCCC1)N(C)C. The number of hydrogen-bond acceptors (Lipinski definition) is 3. The van der Waals surface area contributed by atoms with Gasteiger partial charge in [-0.05, 0) is 46.2 Å². The number of rotatable bonds is 7. The summed E-state index contributed by atoms with van der Waals surface area (Å²) in [6.07, 6.45) is 7.11. The lowest BCUT2D eigenvalue weighted by atomic mass is 9.83. The van der Waals surface area contributed by atoms with Gasteiger partial charge in [-0.1, -0.05) is 19.3 Å². The maximum atomic E-state index is 11.8. The van der Waals surface area contributed by atoms with Crippen LogP contribution in [0.5, 0.6) is 0 Å². The minimum Gasteiger partial charge on any atom is -0.396 e. The molecule has 5 nitrogen and oxygen atoms in total. The minimum absolute atomic E-state index is 0.00693. The number of carbonyl (C=O) groups excluding carboxylic acids is 1. The van der Waals surface area contributed by atoms with Crippen molar-refractivity contribution >= 4 is 6.03 Å². The highest BCUT2D eigenvalue weighted by atomic mass is 16.3. The van der Waals surface area contributed by atoms with E-state index in [0.717, 1.165) is 0 Å². The van der Waals surface area contributed by atoms with E-state index in [1.54, 1.807) is 0 Å². The van der Waals surface area contributed by atoms with Crippen molar-refractivity contribution in [2.45, 2.75) is 57.5 Å². The molecular weight excluding hydrogens is 254 g/mol. The molecule has 0 spiro atoms. The smallest absolute Gasteiger partial charge is 0.315 e. The van der Waals surface area contributed by atoms with Crippen molar-refractivity contribution < 1.29 is 9.90 Å². The van der Waals surface area contributed by atoms with Gasteiger partial charge in [0, 0.05) is 25.2 Å². The Balaban J connectivity index is 2.36. The van der Waals surface area contributed by atoms with Gasteiger partial charge < -0.3 is 20.6 Å². The van der Waals surface area contributed by atoms with Gasteiger partial charge in [0.2, 0.25) is 0 Å². The van der Waals surface area contributed by atoms with E-state index in [2.05, 4.69) is 29.6 Å². The van der Waals surface area contributed by atoms with Crippen molar-refractivity contribution in [1.82, 2.24) is 15.5 Å².